The predicted molar refractivity (Wildman–Crippen MR) is 70.6 cm³/mol. The molecule has 0 aliphatic carbocycles. The lowest BCUT2D eigenvalue weighted by atomic mass is 10.3. The number of rotatable bonds is 6. The summed E-state index contributed by atoms with van der Waals surface area (Å²) in [5, 5.41) is 0. The Kier molecular flexibility index (Phi) is 3.45. The minimum atomic E-state index is 0.00871. The molecule has 2 saturated heterocycles. The number of ether oxygens (including phenoxy) is 2. The van der Waals surface area contributed by atoms with Gasteiger partial charge in [0.25, 0.3) is 11.8 Å². The fourth-order valence-corrected chi connectivity index (χ4v) is 1.70. The van der Waals surface area contributed by atoms with Crippen molar-refractivity contribution >= 4 is 11.8 Å². The van der Waals surface area contributed by atoms with Crippen LogP contribution in [0.2, 0.25) is 0 Å². The first-order valence-electron chi connectivity index (χ1n) is 6.63. The van der Waals surface area contributed by atoms with Crippen LogP contribution < -0.4 is 9.47 Å². The Morgan fingerprint density at radius 1 is 0.800 bits per heavy atom. The normalized spacial score (nSPS) is 15.8. The first kappa shape index (κ1) is 12.8. The number of benzene rings is 1. The summed E-state index contributed by atoms with van der Waals surface area (Å²) in [5.41, 5.74) is 0. The van der Waals surface area contributed by atoms with Gasteiger partial charge in [-0.3, -0.25) is 9.59 Å². The summed E-state index contributed by atoms with van der Waals surface area (Å²) >= 11 is 0. The molecule has 0 bridgehead atoms. The Morgan fingerprint density at radius 3 is 1.45 bits per heavy atom. The van der Waals surface area contributed by atoms with E-state index in [-0.39, 0.29) is 25.0 Å². The van der Waals surface area contributed by atoms with E-state index in [4.69, 9.17) is 9.47 Å². The summed E-state index contributed by atoms with van der Waals surface area (Å²) in [6.45, 7) is 3.46. The monoisotopic (exact) mass is 276 g/mol. The zero-order chi connectivity index (χ0) is 13.9. The van der Waals surface area contributed by atoms with Crippen LogP contribution in [0, 0.1) is 0 Å². The second kappa shape index (κ2) is 5.40. The molecule has 0 aromatic heterocycles. The standard InChI is InChI=1S/C14H16N2O4/c17-13(15-5-6-15)9-19-11-1-2-12(4-3-11)20-10-14(18)16-7-8-16/h1-4H,5-10H2. The number of hydrogen-bond acceptors (Lipinski definition) is 4. The maximum absolute atomic E-state index is 11.4. The number of hydrogen-bond donors (Lipinski definition) is 0. The molecule has 0 N–H and O–H groups in total. The average Bonchev–Trinajstić information content (AvgIpc) is 3.33. The molecule has 2 aliphatic heterocycles. The van der Waals surface area contributed by atoms with E-state index >= 15 is 0 Å². The summed E-state index contributed by atoms with van der Waals surface area (Å²) < 4.78 is 10.8. The highest BCUT2D eigenvalue weighted by molar-refractivity contribution is 5.80. The molecule has 6 nitrogen and oxygen atoms in total. The van der Waals surface area contributed by atoms with Gasteiger partial charge < -0.3 is 19.3 Å². The van der Waals surface area contributed by atoms with Crippen molar-refractivity contribution in [3.05, 3.63) is 24.3 Å². The highest BCUT2D eigenvalue weighted by Gasteiger charge is 2.24. The molecule has 20 heavy (non-hydrogen) atoms. The van der Waals surface area contributed by atoms with Crippen LogP contribution in [0.1, 0.15) is 0 Å². The Bertz CT molecular complexity index is 459. The third-order valence-electron chi connectivity index (χ3n) is 3.15. The second-order valence-electron chi connectivity index (χ2n) is 4.81. The van der Waals surface area contributed by atoms with Crippen molar-refractivity contribution in [3.63, 3.8) is 0 Å². The SMILES string of the molecule is O=C(COc1ccc(OCC(=O)N2CC2)cc1)N1CC1. The summed E-state index contributed by atoms with van der Waals surface area (Å²) in [6.07, 6.45) is 0. The Hall–Kier alpha value is -2.24. The van der Waals surface area contributed by atoms with Gasteiger partial charge in [0.1, 0.15) is 11.5 Å². The van der Waals surface area contributed by atoms with E-state index in [1.165, 1.54) is 0 Å². The molecule has 0 spiro atoms. The summed E-state index contributed by atoms with van der Waals surface area (Å²) in [5.74, 6) is 1.25. The number of carbonyl (C=O) groups is 2. The third-order valence-corrected chi connectivity index (χ3v) is 3.15. The van der Waals surface area contributed by atoms with Gasteiger partial charge in [-0.25, -0.2) is 0 Å². The van der Waals surface area contributed by atoms with Crippen LogP contribution in [0.5, 0.6) is 11.5 Å². The minimum absolute atomic E-state index is 0.00871. The lowest BCUT2D eigenvalue weighted by Gasteiger charge is -2.08. The molecule has 0 unspecified atom stereocenters. The van der Waals surface area contributed by atoms with Gasteiger partial charge in [-0.05, 0) is 24.3 Å². The molecule has 2 heterocycles. The van der Waals surface area contributed by atoms with E-state index in [0.717, 1.165) is 26.2 Å². The largest absolute Gasteiger partial charge is 0.484 e. The van der Waals surface area contributed by atoms with Crippen molar-refractivity contribution < 1.29 is 19.1 Å². The highest BCUT2D eigenvalue weighted by Crippen LogP contribution is 2.18. The molecule has 1 aromatic rings. The van der Waals surface area contributed by atoms with Gasteiger partial charge in [-0.2, -0.15) is 0 Å². The van der Waals surface area contributed by atoms with E-state index in [0.29, 0.717) is 11.5 Å². The molecular formula is C14H16N2O4. The fraction of sp³-hybridized carbons (Fsp3) is 0.429. The van der Waals surface area contributed by atoms with Gasteiger partial charge >= 0.3 is 0 Å². The van der Waals surface area contributed by atoms with E-state index in [1.807, 2.05) is 0 Å². The van der Waals surface area contributed by atoms with Crippen molar-refractivity contribution in [2.24, 2.45) is 0 Å². The Morgan fingerprint density at radius 2 is 1.15 bits per heavy atom. The molecule has 1 aromatic carbocycles. The summed E-state index contributed by atoms with van der Waals surface area (Å²) in [6, 6.07) is 6.92. The molecular weight excluding hydrogens is 260 g/mol. The first-order valence-corrected chi connectivity index (χ1v) is 6.63. The smallest absolute Gasteiger partial charge is 0.260 e. The molecule has 106 valence electrons. The Balaban J connectivity index is 1.43. The number of carbonyl (C=O) groups excluding carboxylic acids is 2. The number of nitrogens with zero attached hydrogens (tertiary/aromatic N) is 2. The van der Waals surface area contributed by atoms with Crippen molar-refractivity contribution in [3.8, 4) is 11.5 Å². The van der Waals surface area contributed by atoms with Crippen LogP contribution in [-0.4, -0.2) is 61.0 Å². The maximum Gasteiger partial charge on any atom is 0.260 e. The van der Waals surface area contributed by atoms with Crippen LogP contribution in [0.3, 0.4) is 0 Å². The molecule has 6 heteroatoms. The third kappa shape index (κ3) is 3.40. The first-order chi connectivity index (χ1) is 9.72. The van der Waals surface area contributed by atoms with Gasteiger partial charge in [-0.1, -0.05) is 0 Å². The van der Waals surface area contributed by atoms with Gasteiger partial charge in [-0.15, -0.1) is 0 Å². The zero-order valence-corrected chi connectivity index (χ0v) is 11.1. The molecule has 0 atom stereocenters. The molecule has 2 amide bonds. The van der Waals surface area contributed by atoms with Crippen LogP contribution in [0.25, 0.3) is 0 Å². The van der Waals surface area contributed by atoms with E-state index in [9.17, 15) is 9.59 Å². The van der Waals surface area contributed by atoms with Gasteiger partial charge in [0.05, 0.1) is 0 Å². The highest BCUT2D eigenvalue weighted by atomic mass is 16.5. The van der Waals surface area contributed by atoms with E-state index in [2.05, 4.69) is 0 Å². The lowest BCUT2D eigenvalue weighted by molar-refractivity contribution is -0.128. The van der Waals surface area contributed by atoms with E-state index in [1.54, 1.807) is 34.1 Å². The van der Waals surface area contributed by atoms with Crippen molar-refractivity contribution in [1.29, 1.82) is 0 Å². The summed E-state index contributed by atoms with van der Waals surface area (Å²) in [4.78, 5) is 26.3. The molecule has 3 rings (SSSR count). The van der Waals surface area contributed by atoms with Gasteiger partial charge in [0.15, 0.2) is 13.2 Å². The number of amides is 2. The van der Waals surface area contributed by atoms with Crippen molar-refractivity contribution in [1.82, 2.24) is 9.80 Å². The van der Waals surface area contributed by atoms with Crippen molar-refractivity contribution in [2.75, 3.05) is 39.4 Å². The molecule has 0 radical (unpaired) electrons. The quantitative estimate of drug-likeness (QED) is 0.693. The van der Waals surface area contributed by atoms with Crippen LogP contribution >= 0.6 is 0 Å². The average molecular weight is 276 g/mol. The maximum atomic E-state index is 11.4. The molecule has 2 aliphatic rings. The van der Waals surface area contributed by atoms with Crippen LogP contribution in [0.4, 0.5) is 0 Å². The van der Waals surface area contributed by atoms with Crippen LogP contribution in [-0.2, 0) is 9.59 Å². The lowest BCUT2D eigenvalue weighted by Crippen LogP contribution is -2.19. The second-order valence-corrected chi connectivity index (χ2v) is 4.81. The molecule has 2 fully saturated rings. The topological polar surface area (TPSA) is 58.6 Å². The molecule has 0 saturated carbocycles. The Labute approximate surface area is 116 Å². The minimum Gasteiger partial charge on any atom is -0.484 e. The van der Waals surface area contributed by atoms with Crippen LogP contribution in [0.15, 0.2) is 24.3 Å². The van der Waals surface area contributed by atoms with Gasteiger partial charge in [0, 0.05) is 26.2 Å². The van der Waals surface area contributed by atoms with E-state index < -0.39 is 0 Å². The van der Waals surface area contributed by atoms with Gasteiger partial charge in [0.2, 0.25) is 0 Å². The fourth-order valence-electron chi connectivity index (χ4n) is 1.70. The predicted octanol–water partition coefficient (Wildman–Crippen LogP) is 0.129. The zero-order valence-electron chi connectivity index (χ0n) is 11.1. The summed E-state index contributed by atoms with van der Waals surface area (Å²) in [7, 11) is 0. The van der Waals surface area contributed by atoms with Crippen molar-refractivity contribution in [2.45, 2.75) is 0 Å².